The monoisotopic (exact) mass is 746 g/mol. The van der Waals surface area contributed by atoms with Crippen LogP contribution in [-0.2, 0) is 36.7 Å². The summed E-state index contributed by atoms with van der Waals surface area (Å²) in [6, 6.07) is 6.68. The summed E-state index contributed by atoms with van der Waals surface area (Å²) in [4.78, 5) is 25.5. The molecule has 290 valence electrons. The number of carbonyl (C=O) groups excluding carboxylic acids is 2. The number of rotatable bonds is 34. The first-order valence-corrected chi connectivity index (χ1v) is 22.9. The molecule has 1 rings (SSSR count). The molecule has 0 unspecified atom stereocenters. The van der Waals surface area contributed by atoms with Gasteiger partial charge in [0, 0.05) is 0 Å². The summed E-state index contributed by atoms with van der Waals surface area (Å²) in [6.45, 7) is 9.62. The van der Waals surface area contributed by atoms with E-state index in [1.54, 1.807) is 24.3 Å². The zero-order chi connectivity index (χ0) is 36.8. The summed E-state index contributed by atoms with van der Waals surface area (Å²) in [5.41, 5.74) is 0.491. The fraction of sp³-hybridized carbons (Fsp3) is 0.789. The smallest absolute Gasteiger partial charge is 0.339 e. The lowest BCUT2D eigenvalue weighted by molar-refractivity contribution is 0.0450. The van der Waals surface area contributed by atoms with Gasteiger partial charge in [0.15, 0.2) is 0 Å². The van der Waals surface area contributed by atoms with Crippen molar-refractivity contribution in [3.63, 3.8) is 0 Å². The van der Waals surface area contributed by atoms with Crippen molar-refractivity contribution in [3.05, 3.63) is 35.4 Å². The van der Waals surface area contributed by atoms with Crippen LogP contribution >= 0.6 is 15.2 Å². The molecule has 0 bridgehead atoms. The predicted molar refractivity (Wildman–Crippen MR) is 202 cm³/mol. The third-order valence-electron chi connectivity index (χ3n) is 8.29. The number of hydrogen-bond acceptors (Lipinski definition) is 10. The molecule has 0 aliphatic rings. The number of ether oxygens (including phenoxy) is 2. The summed E-state index contributed by atoms with van der Waals surface area (Å²) in [7, 11) is -5.84. The maximum Gasteiger partial charge on any atom is 0.339 e. The van der Waals surface area contributed by atoms with Crippen LogP contribution in [0.5, 0.6) is 0 Å². The molecule has 0 aliphatic carbocycles. The van der Waals surface area contributed by atoms with Gasteiger partial charge in [-0.05, 0) is 65.5 Å². The molecule has 0 amide bonds. The Morgan fingerprint density at radius 1 is 0.440 bits per heavy atom. The third-order valence-corrected chi connectivity index (χ3v) is 12.6. The van der Waals surface area contributed by atoms with Crippen molar-refractivity contribution in [2.45, 2.75) is 143 Å². The second kappa shape index (κ2) is 30.0. The lowest BCUT2D eigenvalue weighted by Crippen LogP contribution is -2.15. The van der Waals surface area contributed by atoms with Crippen LogP contribution in [-0.4, -0.2) is 63.9 Å². The molecular formula is C38H68O10P2. The van der Waals surface area contributed by atoms with Crippen molar-refractivity contribution in [1.82, 2.24) is 0 Å². The van der Waals surface area contributed by atoms with Gasteiger partial charge in [0.05, 0.1) is 63.1 Å². The van der Waals surface area contributed by atoms with E-state index in [0.717, 1.165) is 116 Å². The number of esters is 2. The number of unbranched alkanes of at least 4 members (excludes halogenated alkanes) is 16. The van der Waals surface area contributed by atoms with E-state index >= 15 is 0 Å². The van der Waals surface area contributed by atoms with E-state index in [2.05, 4.69) is 0 Å². The Morgan fingerprint density at radius 3 is 0.980 bits per heavy atom. The van der Waals surface area contributed by atoms with Crippen LogP contribution in [0, 0.1) is 0 Å². The minimum atomic E-state index is -2.92. The maximum atomic E-state index is 12.7. The van der Waals surface area contributed by atoms with Crippen molar-refractivity contribution in [2.75, 3.05) is 52.0 Å². The maximum absolute atomic E-state index is 12.7. The molecule has 0 spiro atoms. The molecule has 0 radical (unpaired) electrons. The molecule has 50 heavy (non-hydrogen) atoms. The predicted octanol–water partition coefficient (Wildman–Crippen LogP) is 11.6. The van der Waals surface area contributed by atoms with E-state index < -0.39 is 27.1 Å². The van der Waals surface area contributed by atoms with Gasteiger partial charge >= 0.3 is 27.1 Å². The van der Waals surface area contributed by atoms with E-state index in [0.29, 0.717) is 52.0 Å². The topological polar surface area (TPSA) is 124 Å². The van der Waals surface area contributed by atoms with E-state index in [9.17, 15) is 18.7 Å². The molecule has 10 nitrogen and oxygen atoms in total. The second-order valence-electron chi connectivity index (χ2n) is 12.5. The van der Waals surface area contributed by atoms with Crippen molar-refractivity contribution < 1.29 is 46.3 Å². The van der Waals surface area contributed by atoms with E-state index in [1.807, 2.05) is 27.7 Å². The van der Waals surface area contributed by atoms with Crippen molar-refractivity contribution in [2.24, 2.45) is 0 Å². The van der Waals surface area contributed by atoms with Crippen molar-refractivity contribution in [3.8, 4) is 0 Å². The zero-order valence-corrected chi connectivity index (χ0v) is 33.5. The Balaban J connectivity index is 2.11. The van der Waals surface area contributed by atoms with E-state index in [-0.39, 0.29) is 11.1 Å². The Morgan fingerprint density at radius 2 is 0.700 bits per heavy atom. The molecule has 0 N–H and O–H groups in total. The molecule has 1 aromatic carbocycles. The highest BCUT2D eigenvalue weighted by atomic mass is 31.2. The molecule has 1 aromatic rings. The largest absolute Gasteiger partial charge is 0.462 e. The van der Waals surface area contributed by atoms with Gasteiger partial charge in [-0.1, -0.05) is 102 Å². The Labute approximate surface area is 303 Å². The summed E-state index contributed by atoms with van der Waals surface area (Å²) in [5.74, 6) is -0.985. The highest BCUT2D eigenvalue weighted by molar-refractivity contribution is 7.54. The van der Waals surface area contributed by atoms with Gasteiger partial charge < -0.3 is 27.6 Å². The Hall–Kier alpha value is -1.54. The molecule has 0 aliphatic heterocycles. The Kier molecular flexibility index (Phi) is 27.9. The number of hydrogen-bond donors (Lipinski definition) is 0. The lowest BCUT2D eigenvalue weighted by Gasteiger charge is -2.16. The van der Waals surface area contributed by atoms with Crippen LogP contribution in [0.1, 0.15) is 164 Å². The van der Waals surface area contributed by atoms with Crippen LogP contribution in [0.2, 0.25) is 0 Å². The first kappa shape index (κ1) is 46.5. The van der Waals surface area contributed by atoms with E-state index in [1.165, 1.54) is 0 Å². The molecule has 0 aromatic heterocycles. The van der Waals surface area contributed by atoms with Gasteiger partial charge in [-0.15, -0.1) is 0 Å². The van der Waals surface area contributed by atoms with Gasteiger partial charge in [-0.2, -0.15) is 0 Å². The first-order valence-electron chi connectivity index (χ1n) is 19.4. The quantitative estimate of drug-likeness (QED) is 0.0382. The number of benzene rings is 1. The van der Waals surface area contributed by atoms with Gasteiger partial charge in [0.25, 0.3) is 0 Å². The average molecular weight is 747 g/mol. The summed E-state index contributed by atoms with van der Waals surface area (Å²) in [6.07, 6.45) is 19.5. The fourth-order valence-corrected chi connectivity index (χ4v) is 9.19. The Bertz CT molecular complexity index is 1010. The van der Waals surface area contributed by atoms with Gasteiger partial charge in [0.2, 0.25) is 0 Å². The summed E-state index contributed by atoms with van der Waals surface area (Å²) in [5, 5.41) is 0. The number of carbonyl (C=O) groups is 2. The van der Waals surface area contributed by atoms with Crippen LogP contribution in [0.3, 0.4) is 0 Å². The summed E-state index contributed by atoms with van der Waals surface area (Å²) < 4.78 is 57.3. The van der Waals surface area contributed by atoms with Crippen molar-refractivity contribution >= 4 is 27.1 Å². The molecule has 0 saturated carbocycles. The van der Waals surface area contributed by atoms with Gasteiger partial charge in [-0.25, -0.2) is 9.59 Å². The first-order chi connectivity index (χ1) is 24.2. The van der Waals surface area contributed by atoms with Crippen LogP contribution < -0.4 is 0 Å². The van der Waals surface area contributed by atoms with Gasteiger partial charge in [0.1, 0.15) is 0 Å². The van der Waals surface area contributed by atoms with Crippen LogP contribution in [0.15, 0.2) is 24.3 Å². The lowest BCUT2D eigenvalue weighted by atomic mass is 10.1. The molecule has 0 atom stereocenters. The van der Waals surface area contributed by atoms with Crippen molar-refractivity contribution in [1.29, 1.82) is 0 Å². The molecule has 0 heterocycles. The standard InChI is InChI=1S/C38H68O10P2/c1-5-45-49(41,46-6-2)33-27-21-17-13-9-11-15-19-25-31-43-37(39)35-29-23-24-30-36(35)38(40)44-32-26-20-16-12-10-14-18-22-28-34-50(42,47-7-3)48-8-4/h23-24,29-30H,5-22,25-28,31-34H2,1-4H3. The molecule has 0 saturated heterocycles. The summed E-state index contributed by atoms with van der Waals surface area (Å²) >= 11 is 0. The highest BCUT2D eigenvalue weighted by Crippen LogP contribution is 2.49. The van der Waals surface area contributed by atoms with Gasteiger partial charge in [-0.3, -0.25) is 9.13 Å². The van der Waals surface area contributed by atoms with Crippen LogP contribution in [0.25, 0.3) is 0 Å². The third kappa shape index (κ3) is 22.4. The average Bonchev–Trinajstić information content (AvgIpc) is 3.09. The minimum absolute atomic E-state index is 0.245. The SMILES string of the molecule is CCOP(=O)(CCCCCCCCCCCOC(=O)c1ccccc1C(=O)OCCCCCCCCCCCP(=O)(OCC)OCC)OCC. The minimum Gasteiger partial charge on any atom is -0.462 e. The highest BCUT2D eigenvalue weighted by Gasteiger charge is 2.23. The molecule has 0 fully saturated rings. The fourth-order valence-electron chi connectivity index (χ4n) is 5.73. The zero-order valence-electron chi connectivity index (χ0n) is 31.7. The van der Waals surface area contributed by atoms with Crippen LogP contribution in [0.4, 0.5) is 0 Å². The molecule has 12 heteroatoms. The second-order valence-corrected chi connectivity index (χ2v) is 16.9. The van der Waals surface area contributed by atoms with E-state index in [4.69, 9.17) is 27.6 Å². The normalized spacial score (nSPS) is 11.9. The molecular weight excluding hydrogens is 678 g/mol.